The first-order chi connectivity index (χ1) is 11.0. The molecule has 128 valence electrons. The smallest absolute Gasteiger partial charge is 0.322 e. The maximum atomic E-state index is 12.7. The summed E-state index contributed by atoms with van der Waals surface area (Å²) in [6.07, 6.45) is -9.25. The highest BCUT2D eigenvalue weighted by Crippen LogP contribution is 2.36. The van der Waals surface area contributed by atoms with Crippen LogP contribution in [0.25, 0.3) is 0 Å². The number of amides is 1. The molecule has 9 heteroatoms. The second kappa shape index (κ2) is 6.35. The van der Waals surface area contributed by atoms with E-state index in [0.29, 0.717) is 18.2 Å². The number of nitrogens with one attached hydrogen (secondary N) is 1. The van der Waals surface area contributed by atoms with E-state index in [9.17, 15) is 31.1 Å². The molecule has 24 heavy (non-hydrogen) atoms. The van der Waals surface area contributed by atoms with Gasteiger partial charge in [0, 0.05) is 11.3 Å². The molecule has 0 saturated heterocycles. The Hall–Kier alpha value is -2.22. The van der Waals surface area contributed by atoms with E-state index in [0.717, 1.165) is 24.3 Å². The van der Waals surface area contributed by atoms with E-state index in [1.54, 1.807) is 0 Å². The zero-order chi connectivity index (χ0) is 18.1. The molecule has 0 spiro atoms. The van der Waals surface area contributed by atoms with Crippen LogP contribution in [0.3, 0.4) is 0 Å². The number of halogens is 7. The molecule has 1 N–H and O–H groups in total. The molecule has 0 heterocycles. The Labute approximate surface area is 137 Å². The third kappa shape index (κ3) is 4.19. The van der Waals surface area contributed by atoms with E-state index >= 15 is 0 Å². The first-order valence-electron chi connectivity index (χ1n) is 6.34. The lowest BCUT2D eigenvalue weighted by Gasteiger charge is -2.12. The average molecular weight is 368 g/mol. The van der Waals surface area contributed by atoms with E-state index in [1.807, 2.05) is 0 Å². The maximum absolute atomic E-state index is 12.7. The van der Waals surface area contributed by atoms with Gasteiger partial charge in [0.25, 0.3) is 5.91 Å². The van der Waals surface area contributed by atoms with Crippen LogP contribution in [-0.2, 0) is 12.4 Å². The lowest BCUT2D eigenvalue weighted by atomic mass is 10.1. The van der Waals surface area contributed by atoms with Gasteiger partial charge in [0.2, 0.25) is 0 Å². The van der Waals surface area contributed by atoms with Gasteiger partial charge in [0.05, 0.1) is 16.1 Å². The Morgan fingerprint density at radius 1 is 0.875 bits per heavy atom. The molecule has 2 aromatic carbocycles. The monoisotopic (exact) mass is 367 g/mol. The minimum Gasteiger partial charge on any atom is -0.322 e. The van der Waals surface area contributed by atoms with Crippen LogP contribution >= 0.6 is 11.6 Å². The molecule has 0 unspecified atom stereocenters. The Morgan fingerprint density at radius 3 is 1.96 bits per heavy atom. The Bertz CT molecular complexity index is 752. The SMILES string of the molecule is O=C(Nc1ccc(Cl)c(C(F)(F)F)c1)c1ccc(C(F)(F)F)cc1. The summed E-state index contributed by atoms with van der Waals surface area (Å²) in [5.74, 6) is -0.848. The van der Waals surface area contributed by atoms with Crippen LogP contribution in [0, 0.1) is 0 Å². The van der Waals surface area contributed by atoms with Crippen molar-refractivity contribution in [1.29, 1.82) is 0 Å². The largest absolute Gasteiger partial charge is 0.417 e. The van der Waals surface area contributed by atoms with Crippen LogP contribution in [0.5, 0.6) is 0 Å². The highest BCUT2D eigenvalue weighted by Gasteiger charge is 2.33. The molecule has 0 aromatic heterocycles. The van der Waals surface area contributed by atoms with Crippen molar-refractivity contribution < 1.29 is 31.1 Å². The minimum absolute atomic E-state index is 0.133. The van der Waals surface area contributed by atoms with Gasteiger partial charge in [-0.25, -0.2) is 0 Å². The standard InChI is InChI=1S/C15H8ClF6NO/c16-12-6-5-10(7-11(12)15(20,21)22)23-13(24)8-1-3-9(4-2-8)14(17,18)19/h1-7H,(H,23,24). The van der Waals surface area contributed by atoms with Crippen molar-refractivity contribution >= 4 is 23.2 Å². The fraction of sp³-hybridized carbons (Fsp3) is 0.133. The van der Waals surface area contributed by atoms with Crippen LogP contribution in [-0.4, -0.2) is 5.91 Å². The topological polar surface area (TPSA) is 29.1 Å². The van der Waals surface area contributed by atoms with E-state index in [4.69, 9.17) is 11.6 Å². The summed E-state index contributed by atoms with van der Waals surface area (Å²) in [6.45, 7) is 0. The van der Waals surface area contributed by atoms with Gasteiger partial charge in [-0.2, -0.15) is 26.3 Å². The third-order valence-electron chi connectivity index (χ3n) is 3.00. The molecule has 0 radical (unpaired) electrons. The van der Waals surface area contributed by atoms with Crippen LogP contribution in [0.2, 0.25) is 5.02 Å². The molecular formula is C15H8ClF6NO. The van der Waals surface area contributed by atoms with Crippen LogP contribution in [0.4, 0.5) is 32.0 Å². The molecule has 0 fully saturated rings. The van der Waals surface area contributed by atoms with Crippen LogP contribution < -0.4 is 5.32 Å². The summed E-state index contributed by atoms with van der Waals surface area (Å²) in [6, 6.07) is 6.03. The Balaban J connectivity index is 2.21. The number of anilines is 1. The highest BCUT2D eigenvalue weighted by atomic mass is 35.5. The molecule has 0 bridgehead atoms. The van der Waals surface area contributed by atoms with Gasteiger partial charge in [0.1, 0.15) is 0 Å². The van der Waals surface area contributed by atoms with Crippen LogP contribution in [0.1, 0.15) is 21.5 Å². The molecule has 0 aliphatic rings. The van der Waals surface area contributed by atoms with Gasteiger partial charge < -0.3 is 5.32 Å². The highest BCUT2D eigenvalue weighted by molar-refractivity contribution is 6.31. The molecule has 2 nitrogen and oxygen atoms in total. The van der Waals surface area contributed by atoms with Crippen molar-refractivity contribution in [3.8, 4) is 0 Å². The minimum atomic E-state index is -4.70. The Morgan fingerprint density at radius 2 is 1.46 bits per heavy atom. The molecule has 1 amide bonds. The molecule has 2 rings (SSSR count). The maximum Gasteiger partial charge on any atom is 0.417 e. The molecule has 0 aliphatic heterocycles. The summed E-state index contributed by atoms with van der Waals surface area (Å²) in [4.78, 5) is 11.9. The molecule has 0 saturated carbocycles. The quantitative estimate of drug-likeness (QED) is 0.685. The number of alkyl halides is 6. The summed E-state index contributed by atoms with van der Waals surface area (Å²) in [5.41, 5.74) is -2.39. The first kappa shape index (κ1) is 18.1. The van der Waals surface area contributed by atoms with E-state index in [2.05, 4.69) is 5.32 Å². The zero-order valence-electron chi connectivity index (χ0n) is 11.6. The van der Waals surface area contributed by atoms with Crippen LogP contribution in [0.15, 0.2) is 42.5 Å². The first-order valence-corrected chi connectivity index (χ1v) is 6.71. The predicted octanol–water partition coefficient (Wildman–Crippen LogP) is 5.63. The van der Waals surface area contributed by atoms with E-state index in [1.165, 1.54) is 0 Å². The predicted molar refractivity (Wildman–Crippen MR) is 75.9 cm³/mol. The number of hydrogen-bond donors (Lipinski definition) is 1. The molecule has 2 aromatic rings. The van der Waals surface area contributed by atoms with Gasteiger partial charge >= 0.3 is 12.4 Å². The summed E-state index contributed by atoms with van der Waals surface area (Å²) < 4.78 is 75.6. The normalized spacial score (nSPS) is 12.1. The Kier molecular flexibility index (Phi) is 4.80. The zero-order valence-corrected chi connectivity index (χ0v) is 12.4. The van der Waals surface area contributed by atoms with Gasteiger partial charge in [-0.3, -0.25) is 4.79 Å². The summed E-state index contributed by atoms with van der Waals surface area (Å²) in [5, 5.41) is 1.64. The lowest BCUT2D eigenvalue weighted by molar-refractivity contribution is -0.138. The molecular weight excluding hydrogens is 360 g/mol. The van der Waals surface area contributed by atoms with E-state index in [-0.39, 0.29) is 11.3 Å². The van der Waals surface area contributed by atoms with Crippen molar-refractivity contribution in [2.24, 2.45) is 0 Å². The number of carbonyl (C=O) groups excluding carboxylic acids is 1. The van der Waals surface area contributed by atoms with Gasteiger partial charge in [0.15, 0.2) is 0 Å². The number of carbonyl (C=O) groups is 1. The molecule has 0 atom stereocenters. The number of benzene rings is 2. The second-order valence-corrected chi connectivity index (χ2v) is 5.13. The summed E-state index contributed by atoms with van der Waals surface area (Å²) in [7, 11) is 0. The van der Waals surface area contributed by atoms with Gasteiger partial charge in [-0.1, -0.05) is 11.6 Å². The average Bonchev–Trinajstić information content (AvgIpc) is 2.47. The van der Waals surface area contributed by atoms with Crippen molar-refractivity contribution in [3.63, 3.8) is 0 Å². The van der Waals surface area contributed by atoms with Crippen molar-refractivity contribution in [2.45, 2.75) is 12.4 Å². The fourth-order valence-electron chi connectivity index (χ4n) is 1.83. The third-order valence-corrected chi connectivity index (χ3v) is 3.33. The molecule has 0 aliphatic carbocycles. The lowest BCUT2D eigenvalue weighted by Crippen LogP contribution is -2.14. The van der Waals surface area contributed by atoms with Gasteiger partial charge in [-0.05, 0) is 42.5 Å². The fourth-order valence-corrected chi connectivity index (χ4v) is 2.06. The van der Waals surface area contributed by atoms with Crippen molar-refractivity contribution in [3.05, 3.63) is 64.2 Å². The summed E-state index contributed by atoms with van der Waals surface area (Å²) >= 11 is 5.46. The number of hydrogen-bond acceptors (Lipinski definition) is 1. The van der Waals surface area contributed by atoms with E-state index < -0.39 is 34.4 Å². The van der Waals surface area contributed by atoms with Crippen molar-refractivity contribution in [1.82, 2.24) is 0 Å². The van der Waals surface area contributed by atoms with Crippen molar-refractivity contribution in [2.75, 3.05) is 5.32 Å². The second-order valence-electron chi connectivity index (χ2n) is 4.72. The van der Waals surface area contributed by atoms with Gasteiger partial charge in [-0.15, -0.1) is 0 Å². The number of rotatable bonds is 2.